The smallest absolute Gasteiger partial charge is 0.231 e. The van der Waals surface area contributed by atoms with Gasteiger partial charge in [0, 0.05) is 18.3 Å². The number of carbonyl (C=O) groups excluding carboxylic acids is 1. The summed E-state index contributed by atoms with van der Waals surface area (Å²) < 4.78 is 13.7. The van der Waals surface area contributed by atoms with Crippen LogP contribution in [-0.4, -0.2) is 67.0 Å². The molecule has 1 amide bonds. The summed E-state index contributed by atoms with van der Waals surface area (Å²) in [6.07, 6.45) is -0.719. The maximum Gasteiger partial charge on any atom is 0.231 e. The van der Waals surface area contributed by atoms with Gasteiger partial charge in [0.05, 0.1) is 24.2 Å². The third-order valence-corrected chi connectivity index (χ3v) is 18.7. The molecule has 3 atom stereocenters. The predicted molar refractivity (Wildman–Crippen MR) is 151 cm³/mol. The lowest BCUT2D eigenvalue weighted by molar-refractivity contribution is -0.134. The molecule has 1 saturated heterocycles. The summed E-state index contributed by atoms with van der Waals surface area (Å²) in [5.74, 6) is 0.490. The van der Waals surface area contributed by atoms with E-state index in [1.807, 2.05) is 6.92 Å². The van der Waals surface area contributed by atoms with Gasteiger partial charge in [-0.3, -0.25) is 9.69 Å². The van der Waals surface area contributed by atoms with Gasteiger partial charge in [-0.15, -0.1) is 0 Å². The minimum absolute atomic E-state index is 0.0488. The van der Waals surface area contributed by atoms with Crippen molar-refractivity contribution in [2.45, 2.75) is 123 Å². The molecule has 0 aromatic heterocycles. The van der Waals surface area contributed by atoms with Crippen LogP contribution in [0.1, 0.15) is 68.7 Å². The first kappa shape index (κ1) is 31.3. The minimum Gasteiger partial charge on any atom is -0.416 e. The Hall–Kier alpha value is 0.224. The first-order valence-corrected chi connectivity index (χ1v) is 19.3. The van der Waals surface area contributed by atoms with Gasteiger partial charge in [-0.1, -0.05) is 72.4 Å². The minimum atomic E-state index is -1.90. The van der Waals surface area contributed by atoms with E-state index in [2.05, 4.69) is 68.5 Å². The molecule has 1 rings (SSSR count). The van der Waals surface area contributed by atoms with E-state index in [0.29, 0.717) is 10.9 Å². The molecule has 5 nitrogen and oxygen atoms in total. The molecule has 0 aromatic carbocycles. The average molecular weight is 536 g/mol. The van der Waals surface area contributed by atoms with Crippen LogP contribution >= 0.6 is 24.0 Å². The molecule has 0 unspecified atom stereocenters. The van der Waals surface area contributed by atoms with Crippen LogP contribution in [0, 0.1) is 5.92 Å². The number of hydrogen-bond donors (Lipinski definition) is 1. The molecule has 33 heavy (non-hydrogen) atoms. The zero-order valence-corrected chi connectivity index (χ0v) is 26.5. The fraction of sp³-hybridized carbons (Fsp3) is 0.917. The standard InChI is InChI=1S/C24H49NO4S2Si2/c1-12-33(13-2,14-3)29-24(8,9)20-17-31-22(30)25(20)21(27)15-19(26)18(4)16-28-32(10,11)23(5,6)7/h18-20,26H,12-17H2,1-11H3/t18-,19+,20-/m0/s1. The molecule has 0 saturated carbocycles. The van der Waals surface area contributed by atoms with E-state index >= 15 is 0 Å². The molecule has 1 aliphatic rings. The zero-order valence-electron chi connectivity index (χ0n) is 22.9. The molecule has 1 N–H and O–H groups in total. The van der Waals surface area contributed by atoms with Crippen LogP contribution in [0.4, 0.5) is 0 Å². The summed E-state index contributed by atoms with van der Waals surface area (Å²) in [6.45, 7) is 24.3. The topological polar surface area (TPSA) is 59.0 Å². The predicted octanol–water partition coefficient (Wildman–Crippen LogP) is 6.42. The zero-order chi connectivity index (χ0) is 25.8. The molecule has 1 aliphatic heterocycles. The maximum atomic E-state index is 13.4. The van der Waals surface area contributed by atoms with Gasteiger partial charge in [-0.05, 0) is 50.1 Å². The van der Waals surface area contributed by atoms with E-state index in [9.17, 15) is 9.90 Å². The number of thioether (sulfide) groups is 1. The number of amides is 1. The quantitative estimate of drug-likeness (QED) is 0.230. The number of rotatable bonds is 12. The van der Waals surface area contributed by atoms with E-state index in [0.717, 1.165) is 23.9 Å². The fourth-order valence-electron chi connectivity index (χ4n) is 3.95. The summed E-state index contributed by atoms with van der Waals surface area (Å²) >= 11 is 7.11. The highest BCUT2D eigenvalue weighted by Crippen LogP contribution is 2.39. The Morgan fingerprint density at radius 3 is 2.15 bits per heavy atom. The molecular formula is C24H49NO4S2Si2. The van der Waals surface area contributed by atoms with Crippen LogP contribution in [0.15, 0.2) is 0 Å². The molecule has 0 bridgehead atoms. The second kappa shape index (κ2) is 12.0. The van der Waals surface area contributed by atoms with Crippen LogP contribution in [-0.2, 0) is 13.6 Å². The van der Waals surface area contributed by atoms with Crippen LogP contribution in [0.25, 0.3) is 0 Å². The van der Waals surface area contributed by atoms with E-state index in [4.69, 9.17) is 21.1 Å². The van der Waals surface area contributed by atoms with Gasteiger partial charge in [0.15, 0.2) is 16.6 Å². The Kier molecular flexibility index (Phi) is 11.3. The van der Waals surface area contributed by atoms with Crippen molar-refractivity contribution in [3.63, 3.8) is 0 Å². The molecule has 194 valence electrons. The molecule has 1 heterocycles. The van der Waals surface area contributed by atoms with Crippen molar-refractivity contribution in [1.82, 2.24) is 4.90 Å². The lowest BCUT2D eigenvalue weighted by Crippen LogP contribution is -2.57. The van der Waals surface area contributed by atoms with Gasteiger partial charge in [-0.25, -0.2) is 0 Å². The Labute approximate surface area is 215 Å². The molecule has 9 heteroatoms. The van der Waals surface area contributed by atoms with Gasteiger partial charge in [0.1, 0.15) is 4.32 Å². The largest absolute Gasteiger partial charge is 0.416 e. The first-order chi connectivity index (χ1) is 15.0. The average Bonchev–Trinajstić information content (AvgIpc) is 3.12. The maximum absolute atomic E-state index is 13.4. The Bertz CT molecular complexity index is 670. The summed E-state index contributed by atoms with van der Waals surface area (Å²) in [6, 6.07) is 3.06. The summed E-state index contributed by atoms with van der Waals surface area (Å²) in [5, 5.41) is 10.9. The second-order valence-electron chi connectivity index (χ2n) is 11.6. The second-order valence-corrected chi connectivity index (χ2v) is 22.8. The molecule has 1 fully saturated rings. The molecular weight excluding hydrogens is 487 g/mol. The van der Waals surface area contributed by atoms with Gasteiger partial charge < -0.3 is 14.0 Å². The van der Waals surface area contributed by atoms with Gasteiger partial charge in [0.2, 0.25) is 5.91 Å². The van der Waals surface area contributed by atoms with Crippen molar-refractivity contribution >= 4 is 50.8 Å². The lowest BCUT2D eigenvalue weighted by Gasteiger charge is -2.44. The first-order valence-electron chi connectivity index (χ1n) is 12.5. The van der Waals surface area contributed by atoms with E-state index < -0.39 is 28.3 Å². The van der Waals surface area contributed by atoms with E-state index in [-0.39, 0.29) is 29.3 Å². The highest BCUT2D eigenvalue weighted by molar-refractivity contribution is 8.23. The third kappa shape index (κ3) is 7.85. The van der Waals surface area contributed by atoms with Crippen molar-refractivity contribution < 1.29 is 18.8 Å². The highest BCUT2D eigenvalue weighted by atomic mass is 32.2. The Morgan fingerprint density at radius 2 is 1.70 bits per heavy atom. The number of hydrogen-bond acceptors (Lipinski definition) is 6. The SMILES string of the molecule is CC[Si](CC)(CC)OC(C)(C)[C@@H]1CSC(=S)N1C(=O)C[C@@H](O)[C@@H](C)CO[Si](C)(C)C(C)(C)C. The van der Waals surface area contributed by atoms with Crippen LogP contribution in [0.5, 0.6) is 0 Å². The number of nitrogens with zero attached hydrogens (tertiary/aromatic N) is 1. The van der Waals surface area contributed by atoms with Crippen molar-refractivity contribution in [2.75, 3.05) is 12.4 Å². The van der Waals surface area contributed by atoms with Gasteiger partial charge in [-0.2, -0.15) is 0 Å². The van der Waals surface area contributed by atoms with Crippen LogP contribution < -0.4 is 0 Å². The summed E-state index contributed by atoms with van der Waals surface area (Å²) in [7, 11) is -3.76. The van der Waals surface area contributed by atoms with Crippen molar-refractivity contribution in [3.8, 4) is 0 Å². The number of thiocarbonyl (C=S) groups is 1. The Balaban J connectivity index is 2.89. The van der Waals surface area contributed by atoms with Gasteiger partial charge in [0.25, 0.3) is 0 Å². The number of carbonyl (C=O) groups is 1. The van der Waals surface area contributed by atoms with Crippen LogP contribution in [0.3, 0.4) is 0 Å². The molecule has 0 aromatic rings. The number of aliphatic hydroxyl groups is 1. The molecule has 0 radical (unpaired) electrons. The monoisotopic (exact) mass is 535 g/mol. The molecule has 0 aliphatic carbocycles. The highest BCUT2D eigenvalue weighted by Gasteiger charge is 2.47. The lowest BCUT2D eigenvalue weighted by atomic mass is 9.97. The van der Waals surface area contributed by atoms with Crippen molar-refractivity contribution in [1.29, 1.82) is 0 Å². The van der Waals surface area contributed by atoms with Gasteiger partial charge >= 0.3 is 0 Å². The fourth-order valence-corrected chi connectivity index (χ4v) is 9.90. The molecule has 0 spiro atoms. The van der Waals surface area contributed by atoms with E-state index in [1.165, 1.54) is 0 Å². The summed E-state index contributed by atoms with van der Waals surface area (Å²) in [4.78, 5) is 15.1. The van der Waals surface area contributed by atoms with Crippen LogP contribution in [0.2, 0.25) is 36.3 Å². The third-order valence-electron chi connectivity index (χ3n) is 7.91. The number of aliphatic hydroxyl groups excluding tert-OH is 1. The van der Waals surface area contributed by atoms with Crippen molar-refractivity contribution in [3.05, 3.63) is 0 Å². The van der Waals surface area contributed by atoms with E-state index in [1.54, 1.807) is 16.7 Å². The summed E-state index contributed by atoms with van der Waals surface area (Å²) in [5.41, 5.74) is -0.487. The normalized spacial score (nSPS) is 20.3. The Morgan fingerprint density at radius 1 is 1.18 bits per heavy atom. The van der Waals surface area contributed by atoms with Crippen molar-refractivity contribution in [2.24, 2.45) is 5.92 Å².